The lowest BCUT2D eigenvalue weighted by molar-refractivity contribution is -0.120. The Morgan fingerprint density at radius 3 is 2.61 bits per heavy atom. The van der Waals surface area contributed by atoms with Gasteiger partial charge in [-0.25, -0.2) is 13.1 Å². The molecule has 33 heavy (non-hydrogen) atoms. The number of nitrogens with zero attached hydrogens (tertiary/aromatic N) is 4. The molecule has 0 saturated carbocycles. The third-order valence-electron chi connectivity index (χ3n) is 6.78. The molecular formula is C24H31N5O3S. The summed E-state index contributed by atoms with van der Waals surface area (Å²) in [4.78, 5) is 13.0. The highest BCUT2D eigenvalue weighted by atomic mass is 32.2. The Hall–Kier alpha value is -2.78. The molecule has 1 aromatic heterocycles. The average molecular weight is 470 g/mol. The summed E-state index contributed by atoms with van der Waals surface area (Å²) in [6, 6.07) is 11.0. The number of amides is 1. The lowest BCUT2D eigenvalue weighted by Gasteiger charge is -2.30. The molecule has 9 heteroatoms. The molecular weight excluding hydrogens is 438 g/mol. The van der Waals surface area contributed by atoms with E-state index >= 15 is 0 Å². The average Bonchev–Trinajstić information content (AvgIpc) is 3.25. The molecule has 0 aliphatic carbocycles. The Kier molecular flexibility index (Phi) is 6.54. The zero-order valence-corrected chi connectivity index (χ0v) is 20.4. The number of aromatic nitrogens is 3. The van der Waals surface area contributed by atoms with Crippen molar-refractivity contribution in [2.75, 3.05) is 18.4 Å². The number of anilines is 1. The van der Waals surface area contributed by atoms with Crippen LogP contribution in [0, 0.1) is 19.8 Å². The van der Waals surface area contributed by atoms with Crippen LogP contribution in [-0.2, 0) is 14.8 Å². The van der Waals surface area contributed by atoms with Crippen LogP contribution in [0.3, 0.4) is 0 Å². The number of hydrogen-bond acceptors (Lipinski definition) is 5. The van der Waals surface area contributed by atoms with Gasteiger partial charge in [-0.15, -0.1) is 5.10 Å². The third kappa shape index (κ3) is 4.52. The fraction of sp³-hybridized carbons (Fsp3) is 0.458. The van der Waals surface area contributed by atoms with Gasteiger partial charge >= 0.3 is 0 Å². The number of benzene rings is 2. The fourth-order valence-electron chi connectivity index (χ4n) is 4.21. The van der Waals surface area contributed by atoms with Crippen molar-refractivity contribution in [2.45, 2.75) is 57.9 Å². The fourth-order valence-corrected chi connectivity index (χ4v) is 5.70. The molecule has 176 valence electrons. The van der Waals surface area contributed by atoms with E-state index in [1.165, 1.54) is 4.31 Å². The zero-order chi connectivity index (χ0) is 23.8. The number of sulfonamides is 1. The molecule has 1 aliphatic rings. The van der Waals surface area contributed by atoms with E-state index in [1.807, 2.05) is 36.7 Å². The van der Waals surface area contributed by atoms with Gasteiger partial charge in [0.05, 0.1) is 16.5 Å². The minimum atomic E-state index is -3.67. The van der Waals surface area contributed by atoms with Crippen LogP contribution in [0.4, 0.5) is 5.69 Å². The molecule has 1 unspecified atom stereocenters. The summed E-state index contributed by atoms with van der Waals surface area (Å²) in [6.45, 7) is 8.74. The summed E-state index contributed by atoms with van der Waals surface area (Å²) in [5.41, 5.74) is 4.37. The van der Waals surface area contributed by atoms with Crippen LogP contribution in [0.25, 0.3) is 11.0 Å². The standard InChI is InChI=1S/C24H31N5O3S/c1-5-17(3)29-23-10-9-20(15-22(23)26-27-29)33(31,32)28-13-11-19(12-14-28)24(30)25-21-8-6-7-16(2)18(21)4/h6-10,15,17,19H,5,11-14H2,1-4H3,(H,25,30). The van der Waals surface area contributed by atoms with Gasteiger partial charge in [-0.3, -0.25) is 4.79 Å². The van der Waals surface area contributed by atoms with Gasteiger partial charge in [-0.2, -0.15) is 4.31 Å². The SMILES string of the molecule is CCC(C)n1nnc2cc(S(=O)(=O)N3CCC(C(=O)Nc4cccc(C)c4C)CC3)ccc21. The van der Waals surface area contributed by atoms with E-state index in [-0.39, 0.29) is 22.8 Å². The summed E-state index contributed by atoms with van der Waals surface area (Å²) in [5, 5.41) is 11.4. The van der Waals surface area contributed by atoms with Gasteiger partial charge in [0.2, 0.25) is 15.9 Å². The Bertz CT molecular complexity index is 1280. The van der Waals surface area contributed by atoms with Crippen molar-refractivity contribution < 1.29 is 13.2 Å². The number of fused-ring (bicyclic) bond motifs is 1. The van der Waals surface area contributed by atoms with Gasteiger partial charge in [0.1, 0.15) is 5.52 Å². The van der Waals surface area contributed by atoms with E-state index in [2.05, 4.69) is 29.5 Å². The zero-order valence-electron chi connectivity index (χ0n) is 19.6. The first kappa shape index (κ1) is 23.4. The van der Waals surface area contributed by atoms with Crippen molar-refractivity contribution in [3.63, 3.8) is 0 Å². The lowest BCUT2D eigenvalue weighted by atomic mass is 9.97. The molecule has 8 nitrogen and oxygen atoms in total. The van der Waals surface area contributed by atoms with Crippen molar-refractivity contribution in [3.8, 4) is 0 Å². The number of piperidine rings is 1. The molecule has 1 N–H and O–H groups in total. The maximum Gasteiger partial charge on any atom is 0.243 e. The number of nitrogens with one attached hydrogen (secondary N) is 1. The second kappa shape index (κ2) is 9.23. The monoisotopic (exact) mass is 469 g/mol. The molecule has 1 saturated heterocycles. The lowest BCUT2D eigenvalue weighted by Crippen LogP contribution is -2.41. The van der Waals surface area contributed by atoms with Gasteiger partial charge in [-0.1, -0.05) is 24.3 Å². The van der Waals surface area contributed by atoms with Crippen LogP contribution in [-0.4, -0.2) is 46.7 Å². The van der Waals surface area contributed by atoms with Crippen LogP contribution in [0.5, 0.6) is 0 Å². The summed E-state index contributed by atoms with van der Waals surface area (Å²) in [6.07, 6.45) is 1.88. The number of hydrogen-bond donors (Lipinski definition) is 1. The van der Waals surface area contributed by atoms with Crippen molar-refractivity contribution >= 4 is 32.7 Å². The van der Waals surface area contributed by atoms with Crippen LogP contribution in [0.2, 0.25) is 0 Å². The van der Waals surface area contributed by atoms with Gasteiger partial charge in [0.25, 0.3) is 0 Å². The van der Waals surface area contributed by atoms with Crippen LogP contribution >= 0.6 is 0 Å². The highest BCUT2D eigenvalue weighted by Gasteiger charge is 2.32. The van der Waals surface area contributed by atoms with E-state index in [1.54, 1.807) is 18.2 Å². The second-order valence-corrected chi connectivity index (χ2v) is 10.8. The van der Waals surface area contributed by atoms with Gasteiger partial charge in [0.15, 0.2) is 0 Å². The number of rotatable bonds is 6. The Morgan fingerprint density at radius 2 is 1.91 bits per heavy atom. The number of aryl methyl sites for hydroxylation is 1. The summed E-state index contributed by atoms with van der Waals surface area (Å²) in [5.74, 6) is -0.266. The first-order valence-electron chi connectivity index (χ1n) is 11.4. The number of carbonyl (C=O) groups excluding carboxylic acids is 1. The van der Waals surface area contributed by atoms with Gasteiger partial charge in [-0.05, 0) is 75.4 Å². The van der Waals surface area contributed by atoms with Crippen LogP contribution in [0.15, 0.2) is 41.3 Å². The molecule has 0 spiro atoms. The maximum atomic E-state index is 13.2. The Balaban J connectivity index is 1.44. The normalized spacial score (nSPS) is 16.7. The van der Waals surface area contributed by atoms with Crippen molar-refractivity contribution in [3.05, 3.63) is 47.5 Å². The molecule has 3 aromatic rings. The minimum Gasteiger partial charge on any atom is -0.326 e. The molecule has 2 aromatic carbocycles. The summed E-state index contributed by atoms with van der Waals surface area (Å²) < 4.78 is 29.8. The molecule has 1 atom stereocenters. The molecule has 1 fully saturated rings. The van der Waals surface area contributed by atoms with Crippen molar-refractivity contribution in [1.82, 2.24) is 19.3 Å². The third-order valence-corrected chi connectivity index (χ3v) is 8.67. The predicted molar refractivity (Wildman–Crippen MR) is 129 cm³/mol. The second-order valence-electron chi connectivity index (χ2n) is 8.86. The van der Waals surface area contributed by atoms with Gasteiger partial charge < -0.3 is 5.32 Å². The Labute approximate surface area is 195 Å². The largest absolute Gasteiger partial charge is 0.326 e. The molecule has 0 radical (unpaired) electrons. The topological polar surface area (TPSA) is 97.2 Å². The summed E-state index contributed by atoms with van der Waals surface area (Å²) >= 11 is 0. The smallest absolute Gasteiger partial charge is 0.243 e. The highest BCUT2D eigenvalue weighted by molar-refractivity contribution is 7.89. The first-order chi connectivity index (χ1) is 15.7. The Morgan fingerprint density at radius 1 is 1.18 bits per heavy atom. The van der Waals surface area contributed by atoms with E-state index in [0.29, 0.717) is 31.4 Å². The molecule has 2 heterocycles. The number of carbonyl (C=O) groups is 1. The van der Waals surface area contributed by atoms with Gasteiger partial charge in [0, 0.05) is 24.7 Å². The van der Waals surface area contributed by atoms with Crippen LogP contribution < -0.4 is 5.32 Å². The van der Waals surface area contributed by atoms with E-state index < -0.39 is 10.0 Å². The maximum absolute atomic E-state index is 13.2. The molecule has 4 rings (SSSR count). The molecule has 1 amide bonds. The first-order valence-corrected chi connectivity index (χ1v) is 12.9. The highest BCUT2D eigenvalue weighted by Crippen LogP contribution is 2.28. The van der Waals surface area contributed by atoms with Crippen molar-refractivity contribution in [1.29, 1.82) is 0 Å². The predicted octanol–water partition coefficient (Wildman–Crippen LogP) is 4.06. The minimum absolute atomic E-state index is 0.0520. The summed E-state index contributed by atoms with van der Waals surface area (Å²) in [7, 11) is -3.67. The van der Waals surface area contributed by atoms with E-state index in [4.69, 9.17) is 0 Å². The molecule has 1 aliphatic heterocycles. The van der Waals surface area contributed by atoms with Crippen LogP contribution in [0.1, 0.15) is 50.3 Å². The quantitative estimate of drug-likeness (QED) is 0.587. The van der Waals surface area contributed by atoms with E-state index in [9.17, 15) is 13.2 Å². The molecule has 0 bridgehead atoms. The van der Waals surface area contributed by atoms with E-state index in [0.717, 1.165) is 28.8 Å². The van der Waals surface area contributed by atoms with Crippen molar-refractivity contribution in [2.24, 2.45) is 5.92 Å².